The van der Waals surface area contributed by atoms with E-state index in [9.17, 15) is 9.18 Å². The summed E-state index contributed by atoms with van der Waals surface area (Å²) < 4.78 is 12.8. The molecule has 0 unspecified atom stereocenters. The maximum absolute atomic E-state index is 12.8. The number of carbonyl (C=O) groups is 1. The summed E-state index contributed by atoms with van der Waals surface area (Å²) in [6, 6.07) is 8.97. The minimum absolute atomic E-state index is 0.311. The van der Waals surface area contributed by atoms with Crippen LogP contribution < -0.4 is 10.6 Å². The first-order valence-corrected chi connectivity index (χ1v) is 6.96. The summed E-state index contributed by atoms with van der Waals surface area (Å²) in [6.45, 7) is 3.04. The summed E-state index contributed by atoms with van der Waals surface area (Å²) in [5, 5.41) is 5.92. The summed E-state index contributed by atoms with van der Waals surface area (Å²) in [5.74, 6) is -0.216. The van der Waals surface area contributed by atoms with Crippen LogP contribution in [-0.4, -0.2) is 17.4 Å². The molecule has 0 saturated carbocycles. The Morgan fingerprint density at radius 2 is 1.95 bits per heavy atom. The zero-order chi connectivity index (χ0) is 15.1. The Hall–Kier alpha value is -2.43. The standard InChI is InChI=1S/C16H18FN3O/c1-2-3-10-18-14-8-9-15(19-11-14)20-16(21)12-4-6-13(17)7-5-12/h4-9,11,18H,2-3,10H2,1H3,(H,19,20,21). The molecule has 2 rings (SSSR count). The summed E-state index contributed by atoms with van der Waals surface area (Å²) in [6.07, 6.45) is 3.91. The van der Waals surface area contributed by atoms with E-state index in [1.165, 1.54) is 24.3 Å². The van der Waals surface area contributed by atoms with Crippen LogP contribution in [0.5, 0.6) is 0 Å². The van der Waals surface area contributed by atoms with E-state index in [-0.39, 0.29) is 11.7 Å². The van der Waals surface area contributed by atoms with E-state index in [0.717, 1.165) is 25.1 Å². The van der Waals surface area contributed by atoms with E-state index in [1.54, 1.807) is 12.3 Å². The largest absolute Gasteiger partial charge is 0.384 e. The summed E-state index contributed by atoms with van der Waals surface area (Å²) in [4.78, 5) is 16.1. The third-order valence-electron chi connectivity index (χ3n) is 2.97. The minimum Gasteiger partial charge on any atom is -0.384 e. The third kappa shape index (κ3) is 4.56. The van der Waals surface area contributed by atoms with Crippen molar-refractivity contribution in [1.82, 2.24) is 4.98 Å². The number of hydrogen-bond donors (Lipinski definition) is 2. The Labute approximate surface area is 123 Å². The highest BCUT2D eigenvalue weighted by molar-refractivity contribution is 6.03. The zero-order valence-electron chi connectivity index (χ0n) is 11.9. The minimum atomic E-state index is -0.368. The Morgan fingerprint density at radius 3 is 2.57 bits per heavy atom. The molecule has 1 aromatic heterocycles. The number of pyridine rings is 1. The molecule has 21 heavy (non-hydrogen) atoms. The number of carbonyl (C=O) groups excluding carboxylic acids is 1. The molecule has 0 aliphatic rings. The van der Waals surface area contributed by atoms with Crippen LogP contribution in [0.1, 0.15) is 30.1 Å². The second-order valence-electron chi connectivity index (χ2n) is 4.67. The average Bonchev–Trinajstić information content (AvgIpc) is 2.50. The smallest absolute Gasteiger partial charge is 0.256 e. The van der Waals surface area contributed by atoms with Gasteiger partial charge in [0.25, 0.3) is 5.91 Å². The second-order valence-corrected chi connectivity index (χ2v) is 4.67. The van der Waals surface area contributed by atoms with Gasteiger partial charge in [0.1, 0.15) is 11.6 Å². The third-order valence-corrected chi connectivity index (χ3v) is 2.97. The van der Waals surface area contributed by atoms with Gasteiger partial charge in [0.2, 0.25) is 0 Å². The lowest BCUT2D eigenvalue weighted by Crippen LogP contribution is -2.13. The fourth-order valence-corrected chi connectivity index (χ4v) is 1.77. The van der Waals surface area contributed by atoms with E-state index in [0.29, 0.717) is 11.4 Å². The van der Waals surface area contributed by atoms with Gasteiger partial charge in [0.15, 0.2) is 0 Å². The highest BCUT2D eigenvalue weighted by Gasteiger charge is 2.06. The monoisotopic (exact) mass is 287 g/mol. The molecule has 5 heteroatoms. The molecule has 0 atom stereocenters. The second kappa shape index (κ2) is 7.38. The molecule has 0 saturated heterocycles. The highest BCUT2D eigenvalue weighted by atomic mass is 19.1. The maximum Gasteiger partial charge on any atom is 0.256 e. The van der Waals surface area contributed by atoms with Crippen molar-refractivity contribution >= 4 is 17.4 Å². The SMILES string of the molecule is CCCCNc1ccc(NC(=O)c2ccc(F)cc2)nc1. The molecule has 110 valence electrons. The molecule has 0 fully saturated rings. The Bertz CT molecular complexity index is 581. The van der Waals surface area contributed by atoms with Crippen molar-refractivity contribution in [3.05, 3.63) is 54.0 Å². The number of nitrogens with one attached hydrogen (secondary N) is 2. The maximum atomic E-state index is 12.8. The lowest BCUT2D eigenvalue weighted by molar-refractivity contribution is 0.102. The van der Waals surface area contributed by atoms with Crippen LogP contribution in [0, 0.1) is 5.82 Å². The molecule has 4 nitrogen and oxygen atoms in total. The van der Waals surface area contributed by atoms with Gasteiger partial charge in [-0.3, -0.25) is 4.79 Å². The summed E-state index contributed by atoms with van der Waals surface area (Å²) >= 11 is 0. The van der Waals surface area contributed by atoms with E-state index in [4.69, 9.17) is 0 Å². The van der Waals surface area contributed by atoms with Crippen molar-refractivity contribution in [3.63, 3.8) is 0 Å². The molecule has 0 aliphatic heterocycles. The predicted octanol–water partition coefficient (Wildman–Crippen LogP) is 3.69. The van der Waals surface area contributed by atoms with Gasteiger partial charge in [-0.05, 0) is 42.8 Å². The van der Waals surface area contributed by atoms with Gasteiger partial charge in [-0.15, -0.1) is 0 Å². The average molecular weight is 287 g/mol. The highest BCUT2D eigenvalue weighted by Crippen LogP contribution is 2.11. The van der Waals surface area contributed by atoms with Crippen LogP contribution in [0.15, 0.2) is 42.6 Å². The van der Waals surface area contributed by atoms with Crippen LogP contribution in [0.4, 0.5) is 15.9 Å². The molecule has 0 radical (unpaired) electrons. The molecule has 1 heterocycles. The van der Waals surface area contributed by atoms with Crippen LogP contribution in [-0.2, 0) is 0 Å². The number of aromatic nitrogens is 1. The molecule has 0 aliphatic carbocycles. The number of halogens is 1. The predicted molar refractivity (Wildman–Crippen MR) is 82.0 cm³/mol. The van der Waals surface area contributed by atoms with Gasteiger partial charge < -0.3 is 10.6 Å². The van der Waals surface area contributed by atoms with Crippen molar-refractivity contribution in [2.24, 2.45) is 0 Å². The normalized spacial score (nSPS) is 10.2. The summed E-state index contributed by atoms with van der Waals surface area (Å²) in [7, 11) is 0. The van der Waals surface area contributed by atoms with Crippen LogP contribution in [0.2, 0.25) is 0 Å². The molecule has 0 spiro atoms. The number of unbranched alkanes of at least 4 members (excludes halogenated alkanes) is 1. The molecule has 2 aromatic rings. The zero-order valence-corrected chi connectivity index (χ0v) is 11.9. The van der Waals surface area contributed by atoms with Gasteiger partial charge in [-0.1, -0.05) is 13.3 Å². The summed E-state index contributed by atoms with van der Waals surface area (Å²) in [5.41, 5.74) is 1.31. The van der Waals surface area contributed by atoms with Gasteiger partial charge >= 0.3 is 0 Å². The Kier molecular flexibility index (Phi) is 5.26. The number of anilines is 2. The molecule has 1 aromatic carbocycles. The first-order valence-electron chi connectivity index (χ1n) is 6.96. The number of rotatable bonds is 6. The molecular weight excluding hydrogens is 269 g/mol. The molecule has 1 amide bonds. The first kappa shape index (κ1) is 15.0. The fourth-order valence-electron chi connectivity index (χ4n) is 1.77. The van der Waals surface area contributed by atoms with Crippen molar-refractivity contribution in [2.45, 2.75) is 19.8 Å². The Balaban J connectivity index is 1.93. The first-order chi connectivity index (χ1) is 10.2. The van der Waals surface area contributed by atoms with Crippen molar-refractivity contribution in [2.75, 3.05) is 17.2 Å². The van der Waals surface area contributed by atoms with E-state index < -0.39 is 0 Å². The van der Waals surface area contributed by atoms with Crippen LogP contribution in [0.25, 0.3) is 0 Å². The molecule has 2 N–H and O–H groups in total. The van der Waals surface area contributed by atoms with Gasteiger partial charge in [0, 0.05) is 12.1 Å². The lowest BCUT2D eigenvalue weighted by Gasteiger charge is -2.07. The fraction of sp³-hybridized carbons (Fsp3) is 0.250. The lowest BCUT2D eigenvalue weighted by atomic mass is 10.2. The number of nitrogens with zero attached hydrogens (tertiary/aromatic N) is 1. The number of amides is 1. The quantitative estimate of drug-likeness (QED) is 0.797. The van der Waals surface area contributed by atoms with Gasteiger partial charge in [0.05, 0.1) is 11.9 Å². The van der Waals surface area contributed by atoms with Crippen LogP contribution >= 0.6 is 0 Å². The van der Waals surface area contributed by atoms with Gasteiger partial charge in [-0.2, -0.15) is 0 Å². The molecule has 0 bridgehead atoms. The van der Waals surface area contributed by atoms with Gasteiger partial charge in [-0.25, -0.2) is 9.37 Å². The van der Waals surface area contributed by atoms with E-state index >= 15 is 0 Å². The van der Waals surface area contributed by atoms with Crippen LogP contribution in [0.3, 0.4) is 0 Å². The number of benzene rings is 1. The molecular formula is C16H18FN3O. The number of hydrogen-bond acceptors (Lipinski definition) is 3. The topological polar surface area (TPSA) is 54.0 Å². The van der Waals surface area contributed by atoms with E-state index in [2.05, 4.69) is 22.5 Å². The van der Waals surface area contributed by atoms with E-state index in [1.807, 2.05) is 6.07 Å². The van der Waals surface area contributed by atoms with Crippen molar-refractivity contribution in [1.29, 1.82) is 0 Å². The van der Waals surface area contributed by atoms with Crippen molar-refractivity contribution in [3.8, 4) is 0 Å². The Morgan fingerprint density at radius 1 is 1.19 bits per heavy atom. The van der Waals surface area contributed by atoms with Crippen molar-refractivity contribution < 1.29 is 9.18 Å².